The number of benzene rings is 1. The number of halogens is 2. The monoisotopic (exact) mass is 323 g/mol. The minimum atomic E-state index is -3.02. The van der Waals surface area contributed by atoms with Crippen molar-refractivity contribution >= 4 is 17.5 Å². The van der Waals surface area contributed by atoms with Crippen LogP contribution in [0.5, 0.6) is 5.75 Å². The SMILES string of the molecule is Cc1ccc(OC(F)F)c(N2C(=O)[C@@H]3[C@@H](C2=O)[C@H]2CC[C@@H]3O2)c1. The van der Waals surface area contributed by atoms with Crippen LogP contribution in [0.1, 0.15) is 18.4 Å². The van der Waals surface area contributed by atoms with Crippen LogP contribution in [-0.2, 0) is 14.3 Å². The molecule has 0 saturated carbocycles. The van der Waals surface area contributed by atoms with E-state index in [1.54, 1.807) is 13.0 Å². The molecule has 7 heteroatoms. The van der Waals surface area contributed by atoms with Gasteiger partial charge in [0.25, 0.3) is 0 Å². The summed E-state index contributed by atoms with van der Waals surface area (Å²) in [4.78, 5) is 26.4. The second-order valence-corrected chi connectivity index (χ2v) is 6.20. The number of nitrogens with zero attached hydrogens (tertiary/aromatic N) is 1. The van der Waals surface area contributed by atoms with Gasteiger partial charge in [-0.1, -0.05) is 6.07 Å². The van der Waals surface area contributed by atoms with Crippen molar-refractivity contribution in [3.8, 4) is 5.75 Å². The highest BCUT2D eigenvalue weighted by molar-refractivity contribution is 6.23. The van der Waals surface area contributed by atoms with Gasteiger partial charge in [-0.25, -0.2) is 4.90 Å². The van der Waals surface area contributed by atoms with Crippen LogP contribution >= 0.6 is 0 Å². The minimum Gasteiger partial charge on any atom is -0.433 e. The van der Waals surface area contributed by atoms with Crippen molar-refractivity contribution in [2.24, 2.45) is 11.8 Å². The Balaban J connectivity index is 1.75. The number of rotatable bonds is 3. The fourth-order valence-electron chi connectivity index (χ4n) is 3.95. The van der Waals surface area contributed by atoms with Gasteiger partial charge in [0.2, 0.25) is 11.8 Å². The number of amides is 2. The van der Waals surface area contributed by atoms with Gasteiger partial charge in [0.05, 0.1) is 29.7 Å². The molecule has 0 radical (unpaired) electrons. The number of alkyl halides is 2. The van der Waals surface area contributed by atoms with Crippen molar-refractivity contribution in [1.29, 1.82) is 0 Å². The van der Waals surface area contributed by atoms with Crippen molar-refractivity contribution < 1.29 is 27.8 Å². The molecule has 0 N–H and O–H groups in total. The van der Waals surface area contributed by atoms with Crippen molar-refractivity contribution in [3.05, 3.63) is 23.8 Å². The molecule has 4 atom stereocenters. The number of ether oxygens (including phenoxy) is 2. The summed E-state index contributed by atoms with van der Waals surface area (Å²) in [5, 5.41) is 0. The molecule has 3 saturated heterocycles. The van der Waals surface area contributed by atoms with Crippen molar-refractivity contribution in [1.82, 2.24) is 0 Å². The second-order valence-electron chi connectivity index (χ2n) is 6.20. The van der Waals surface area contributed by atoms with E-state index < -0.39 is 18.4 Å². The molecule has 23 heavy (non-hydrogen) atoms. The largest absolute Gasteiger partial charge is 0.433 e. The lowest BCUT2D eigenvalue weighted by atomic mass is 9.81. The molecule has 5 nitrogen and oxygen atoms in total. The highest BCUT2D eigenvalue weighted by Gasteiger charge is 2.62. The molecule has 3 aliphatic rings. The molecule has 0 aromatic heterocycles. The van der Waals surface area contributed by atoms with Gasteiger partial charge < -0.3 is 9.47 Å². The Kier molecular flexibility index (Phi) is 3.16. The average molecular weight is 323 g/mol. The zero-order valence-electron chi connectivity index (χ0n) is 12.4. The summed E-state index contributed by atoms with van der Waals surface area (Å²) >= 11 is 0. The van der Waals surface area contributed by atoms with Crippen LogP contribution in [0.25, 0.3) is 0 Å². The van der Waals surface area contributed by atoms with Crippen LogP contribution in [0.15, 0.2) is 18.2 Å². The molecular weight excluding hydrogens is 308 g/mol. The predicted octanol–water partition coefficient (Wildman–Crippen LogP) is 2.26. The van der Waals surface area contributed by atoms with Crippen molar-refractivity contribution in [3.63, 3.8) is 0 Å². The molecule has 3 heterocycles. The number of hydrogen-bond donors (Lipinski definition) is 0. The summed E-state index contributed by atoms with van der Waals surface area (Å²) in [6.07, 6.45) is 1.03. The molecule has 0 spiro atoms. The Bertz CT molecular complexity index is 665. The van der Waals surface area contributed by atoms with Crippen LogP contribution < -0.4 is 9.64 Å². The normalized spacial score (nSPS) is 32.1. The van der Waals surface area contributed by atoms with Gasteiger partial charge >= 0.3 is 6.61 Å². The van der Waals surface area contributed by atoms with Gasteiger partial charge in [-0.2, -0.15) is 8.78 Å². The van der Waals surface area contributed by atoms with Gasteiger partial charge in [0.1, 0.15) is 5.75 Å². The summed E-state index contributed by atoms with van der Waals surface area (Å²) in [5.74, 6) is -1.92. The molecule has 0 unspecified atom stereocenters. The Hall–Kier alpha value is -2.02. The maximum atomic E-state index is 12.7. The third-order valence-electron chi connectivity index (χ3n) is 4.86. The van der Waals surface area contributed by atoms with E-state index in [0.717, 1.165) is 23.3 Å². The lowest BCUT2D eigenvalue weighted by Crippen LogP contribution is -2.34. The van der Waals surface area contributed by atoms with Gasteiger partial charge in [0.15, 0.2) is 0 Å². The fourth-order valence-corrected chi connectivity index (χ4v) is 3.95. The van der Waals surface area contributed by atoms with Gasteiger partial charge in [-0.3, -0.25) is 9.59 Å². The first kappa shape index (κ1) is 14.6. The Morgan fingerprint density at radius 2 is 1.78 bits per heavy atom. The molecule has 0 aliphatic carbocycles. The summed E-state index contributed by atoms with van der Waals surface area (Å²) in [7, 11) is 0. The van der Waals surface area contributed by atoms with Crippen molar-refractivity contribution in [2.45, 2.75) is 38.6 Å². The van der Waals surface area contributed by atoms with Gasteiger partial charge in [-0.15, -0.1) is 0 Å². The third-order valence-corrected chi connectivity index (χ3v) is 4.86. The first-order chi connectivity index (χ1) is 11.0. The van der Waals surface area contributed by atoms with E-state index in [1.165, 1.54) is 12.1 Å². The zero-order chi connectivity index (χ0) is 16.3. The maximum absolute atomic E-state index is 12.7. The minimum absolute atomic E-state index is 0.0918. The number of hydrogen-bond acceptors (Lipinski definition) is 4. The van der Waals surface area contributed by atoms with E-state index in [4.69, 9.17) is 4.74 Å². The fraction of sp³-hybridized carbons (Fsp3) is 0.500. The van der Waals surface area contributed by atoms with Crippen LogP contribution in [0, 0.1) is 18.8 Å². The maximum Gasteiger partial charge on any atom is 0.387 e. The molecule has 2 amide bonds. The Morgan fingerprint density at radius 3 is 2.35 bits per heavy atom. The second kappa shape index (κ2) is 4.99. The summed E-state index contributed by atoms with van der Waals surface area (Å²) in [6, 6.07) is 4.48. The summed E-state index contributed by atoms with van der Waals surface area (Å²) < 4.78 is 35.4. The summed E-state index contributed by atoms with van der Waals surface area (Å²) in [6.45, 7) is -1.27. The van der Waals surface area contributed by atoms with E-state index >= 15 is 0 Å². The van der Waals surface area contributed by atoms with Crippen LogP contribution in [0.3, 0.4) is 0 Å². The zero-order valence-corrected chi connectivity index (χ0v) is 12.4. The summed E-state index contributed by atoms with van der Waals surface area (Å²) in [5.41, 5.74) is 0.840. The Labute approximate surface area is 131 Å². The first-order valence-electron chi connectivity index (χ1n) is 7.56. The van der Waals surface area contributed by atoms with Crippen LogP contribution in [-0.4, -0.2) is 30.6 Å². The van der Waals surface area contributed by atoms with Crippen LogP contribution in [0.4, 0.5) is 14.5 Å². The predicted molar refractivity (Wildman–Crippen MR) is 75.2 cm³/mol. The topological polar surface area (TPSA) is 55.8 Å². The van der Waals surface area contributed by atoms with E-state index in [9.17, 15) is 18.4 Å². The smallest absolute Gasteiger partial charge is 0.387 e. The highest BCUT2D eigenvalue weighted by Crippen LogP contribution is 2.50. The van der Waals surface area contributed by atoms with E-state index in [-0.39, 0.29) is 35.5 Å². The number of carbonyl (C=O) groups excluding carboxylic acids is 2. The quantitative estimate of drug-likeness (QED) is 0.801. The van der Waals surface area contributed by atoms with E-state index in [1.807, 2.05) is 0 Å². The molecular formula is C16H15F2NO4. The van der Waals surface area contributed by atoms with E-state index in [2.05, 4.69) is 4.74 Å². The Morgan fingerprint density at radius 1 is 1.17 bits per heavy atom. The molecule has 4 rings (SSSR count). The van der Waals surface area contributed by atoms with E-state index in [0.29, 0.717) is 0 Å². The first-order valence-corrected chi connectivity index (χ1v) is 7.56. The molecule has 2 bridgehead atoms. The average Bonchev–Trinajstić information content (AvgIpc) is 3.15. The number of imide groups is 1. The number of fused-ring (bicyclic) bond motifs is 5. The molecule has 3 fully saturated rings. The van der Waals surface area contributed by atoms with Crippen LogP contribution in [0.2, 0.25) is 0 Å². The number of anilines is 1. The molecule has 122 valence electrons. The lowest BCUT2D eigenvalue weighted by molar-refractivity contribution is -0.125. The third kappa shape index (κ3) is 2.06. The highest BCUT2D eigenvalue weighted by atomic mass is 19.3. The number of aryl methyl sites for hydroxylation is 1. The molecule has 3 aliphatic heterocycles. The molecule has 1 aromatic rings. The standard InChI is InChI=1S/C16H15F2NO4/c1-7-2-3-9(23-16(17)18)8(6-7)19-14(20)12-10-4-5-11(22-10)13(12)15(19)21/h2-3,6,10-13,16H,4-5H2,1H3/t10-,11+,12-,13-/m0/s1. The van der Waals surface area contributed by atoms with Gasteiger partial charge in [-0.05, 0) is 37.5 Å². The molecule has 1 aromatic carbocycles. The van der Waals surface area contributed by atoms with Gasteiger partial charge in [0, 0.05) is 0 Å². The lowest BCUT2D eigenvalue weighted by Gasteiger charge is -2.21. The number of carbonyl (C=O) groups is 2. The van der Waals surface area contributed by atoms with Crippen molar-refractivity contribution in [2.75, 3.05) is 4.90 Å².